The minimum absolute atomic E-state index is 0.181. The van der Waals surface area contributed by atoms with Crippen molar-refractivity contribution in [3.63, 3.8) is 0 Å². The third-order valence-corrected chi connectivity index (χ3v) is 5.71. The van der Waals surface area contributed by atoms with E-state index in [-0.39, 0.29) is 23.5 Å². The Morgan fingerprint density at radius 1 is 1.00 bits per heavy atom. The van der Waals surface area contributed by atoms with Crippen LogP contribution >= 0.6 is 11.3 Å². The summed E-state index contributed by atoms with van der Waals surface area (Å²) in [6, 6.07) is 12.1. The van der Waals surface area contributed by atoms with Gasteiger partial charge in [-0.2, -0.15) is 0 Å². The zero-order chi connectivity index (χ0) is 21.1. The molecule has 1 aromatic carbocycles. The SMILES string of the molecule is Cc1cc(C(=O)N2CCN(C(=O)c3ccccc3NC(=O)c3cccs3)CC2)on1. The van der Waals surface area contributed by atoms with Gasteiger partial charge in [-0.05, 0) is 30.5 Å². The highest BCUT2D eigenvalue weighted by Crippen LogP contribution is 2.21. The molecule has 1 aliphatic heterocycles. The molecule has 9 heteroatoms. The number of thiophene rings is 1. The van der Waals surface area contributed by atoms with Crippen molar-refractivity contribution in [1.82, 2.24) is 15.0 Å². The fourth-order valence-corrected chi connectivity index (χ4v) is 3.89. The molecule has 0 bridgehead atoms. The van der Waals surface area contributed by atoms with E-state index in [0.717, 1.165) is 0 Å². The van der Waals surface area contributed by atoms with E-state index >= 15 is 0 Å². The molecule has 1 saturated heterocycles. The van der Waals surface area contributed by atoms with Crippen molar-refractivity contribution < 1.29 is 18.9 Å². The van der Waals surface area contributed by atoms with Gasteiger partial charge >= 0.3 is 0 Å². The number of para-hydroxylation sites is 1. The highest BCUT2D eigenvalue weighted by Gasteiger charge is 2.28. The first-order chi connectivity index (χ1) is 14.5. The first kappa shape index (κ1) is 19.8. The lowest BCUT2D eigenvalue weighted by Gasteiger charge is -2.34. The molecule has 0 atom stereocenters. The molecule has 3 aromatic rings. The van der Waals surface area contributed by atoms with E-state index in [1.54, 1.807) is 59.2 Å². The maximum absolute atomic E-state index is 13.1. The summed E-state index contributed by atoms with van der Waals surface area (Å²) in [5.74, 6) is -0.456. The number of aryl methyl sites for hydroxylation is 1. The van der Waals surface area contributed by atoms with Crippen LogP contribution in [0.4, 0.5) is 5.69 Å². The minimum atomic E-state index is -0.247. The fourth-order valence-electron chi connectivity index (χ4n) is 3.27. The van der Waals surface area contributed by atoms with Crippen molar-refractivity contribution in [2.75, 3.05) is 31.5 Å². The molecule has 30 heavy (non-hydrogen) atoms. The van der Waals surface area contributed by atoms with E-state index < -0.39 is 0 Å². The summed E-state index contributed by atoms with van der Waals surface area (Å²) in [6.07, 6.45) is 0. The average Bonchev–Trinajstić information content (AvgIpc) is 3.45. The second kappa shape index (κ2) is 8.50. The minimum Gasteiger partial charge on any atom is -0.351 e. The third-order valence-electron chi connectivity index (χ3n) is 4.84. The van der Waals surface area contributed by atoms with Crippen LogP contribution in [0.3, 0.4) is 0 Å². The van der Waals surface area contributed by atoms with Gasteiger partial charge in [-0.25, -0.2) is 0 Å². The van der Waals surface area contributed by atoms with Crippen molar-refractivity contribution in [2.45, 2.75) is 6.92 Å². The summed E-state index contributed by atoms with van der Waals surface area (Å²) in [5, 5.41) is 8.40. The summed E-state index contributed by atoms with van der Waals surface area (Å²) in [7, 11) is 0. The maximum atomic E-state index is 13.1. The van der Waals surface area contributed by atoms with E-state index in [4.69, 9.17) is 4.52 Å². The van der Waals surface area contributed by atoms with Crippen LogP contribution in [0.15, 0.2) is 52.4 Å². The first-order valence-electron chi connectivity index (χ1n) is 9.48. The molecule has 4 rings (SSSR count). The zero-order valence-electron chi connectivity index (χ0n) is 16.3. The number of carbonyl (C=O) groups is 3. The number of piperazine rings is 1. The topological polar surface area (TPSA) is 95.8 Å². The predicted octanol–water partition coefficient (Wildman–Crippen LogP) is 2.90. The lowest BCUT2D eigenvalue weighted by Crippen LogP contribution is -2.50. The zero-order valence-corrected chi connectivity index (χ0v) is 17.1. The predicted molar refractivity (Wildman–Crippen MR) is 112 cm³/mol. The summed E-state index contributed by atoms with van der Waals surface area (Å²) in [5.41, 5.74) is 1.54. The third kappa shape index (κ3) is 4.11. The molecule has 3 heterocycles. The molecular formula is C21H20N4O4S. The Morgan fingerprint density at radius 2 is 1.70 bits per heavy atom. The van der Waals surface area contributed by atoms with Gasteiger partial charge in [-0.3, -0.25) is 14.4 Å². The van der Waals surface area contributed by atoms with Crippen LogP contribution in [0.25, 0.3) is 0 Å². The number of aromatic nitrogens is 1. The van der Waals surface area contributed by atoms with Crippen LogP contribution < -0.4 is 5.32 Å². The van der Waals surface area contributed by atoms with Crippen LogP contribution in [-0.2, 0) is 0 Å². The second-order valence-corrected chi connectivity index (χ2v) is 7.84. The molecule has 0 radical (unpaired) electrons. The number of anilines is 1. The fraction of sp³-hybridized carbons (Fsp3) is 0.238. The lowest BCUT2D eigenvalue weighted by molar-refractivity contribution is 0.0513. The van der Waals surface area contributed by atoms with E-state index in [1.165, 1.54) is 11.3 Å². The quantitative estimate of drug-likeness (QED) is 0.695. The number of rotatable bonds is 4. The summed E-state index contributed by atoms with van der Waals surface area (Å²) >= 11 is 1.34. The van der Waals surface area contributed by atoms with Crippen LogP contribution in [0, 0.1) is 6.92 Å². The Labute approximate surface area is 177 Å². The van der Waals surface area contributed by atoms with Crippen molar-refractivity contribution in [1.29, 1.82) is 0 Å². The van der Waals surface area contributed by atoms with E-state index in [2.05, 4.69) is 10.5 Å². The van der Waals surface area contributed by atoms with Crippen LogP contribution in [0.5, 0.6) is 0 Å². The smallest absolute Gasteiger partial charge is 0.292 e. The molecule has 0 saturated carbocycles. The van der Waals surface area contributed by atoms with E-state index in [0.29, 0.717) is 48.0 Å². The van der Waals surface area contributed by atoms with Crippen molar-refractivity contribution in [3.05, 3.63) is 69.7 Å². The maximum Gasteiger partial charge on any atom is 0.292 e. The summed E-state index contributed by atoms with van der Waals surface area (Å²) < 4.78 is 5.05. The molecule has 3 amide bonds. The van der Waals surface area contributed by atoms with E-state index in [1.807, 2.05) is 5.38 Å². The number of hydrogen-bond donors (Lipinski definition) is 1. The highest BCUT2D eigenvalue weighted by molar-refractivity contribution is 7.12. The molecule has 0 spiro atoms. The van der Waals surface area contributed by atoms with Gasteiger partial charge in [0.2, 0.25) is 5.76 Å². The molecule has 1 N–H and O–H groups in total. The van der Waals surface area contributed by atoms with Gasteiger partial charge in [0.15, 0.2) is 0 Å². The molecular weight excluding hydrogens is 404 g/mol. The number of carbonyl (C=O) groups excluding carboxylic acids is 3. The Morgan fingerprint density at radius 3 is 2.33 bits per heavy atom. The van der Waals surface area contributed by atoms with Gasteiger partial charge in [0.25, 0.3) is 17.7 Å². The molecule has 1 aliphatic rings. The Kier molecular flexibility index (Phi) is 5.62. The molecule has 0 unspecified atom stereocenters. The number of nitrogens with one attached hydrogen (secondary N) is 1. The van der Waals surface area contributed by atoms with Crippen LogP contribution in [0.2, 0.25) is 0 Å². The standard InChI is InChI=1S/C21H20N4O4S/c1-14-13-17(29-23-14)21(28)25-10-8-24(9-11-25)20(27)15-5-2-3-6-16(15)22-19(26)18-7-4-12-30-18/h2-7,12-13H,8-11H2,1H3,(H,22,26). The van der Waals surface area contributed by atoms with Crippen molar-refractivity contribution in [3.8, 4) is 0 Å². The molecule has 2 aromatic heterocycles. The Balaban J connectivity index is 1.42. The van der Waals surface area contributed by atoms with Crippen molar-refractivity contribution >= 4 is 34.7 Å². The summed E-state index contributed by atoms with van der Waals surface area (Å²) in [4.78, 5) is 41.9. The van der Waals surface area contributed by atoms with Gasteiger partial charge in [0.1, 0.15) is 0 Å². The molecule has 1 fully saturated rings. The number of hydrogen-bond acceptors (Lipinski definition) is 6. The van der Waals surface area contributed by atoms with Gasteiger partial charge in [0, 0.05) is 32.2 Å². The van der Waals surface area contributed by atoms with Gasteiger partial charge < -0.3 is 19.6 Å². The average molecular weight is 424 g/mol. The van der Waals surface area contributed by atoms with Gasteiger partial charge in [-0.15, -0.1) is 11.3 Å². The van der Waals surface area contributed by atoms with Crippen LogP contribution in [0.1, 0.15) is 36.3 Å². The second-order valence-electron chi connectivity index (χ2n) is 6.89. The number of amides is 3. The monoisotopic (exact) mass is 424 g/mol. The first-order valence-corrected chi connectivity index (χ1v) is 10.4. The summed E-state index contributed by atoms with van der Waals surface area (Å²) in [6.45, 7) is 3.34. The Hall–Kier alpha value is -3.46. The normalized spacial score (nSPS) is 13.9. The van der Waals surface area contributed by atoms with Gasteiger partial charge in [0.05, 0.1) is 21.8 Å². The number of benzene rings is 1. The van der Waals surface area contributed by atoms with Gasteiger partial charge in [-0.1, -0.05) is 23.4 Å². The molecule has 0 aliphatic carbocycles. The number of nitrogens with zero attached hydrogens (tertiary/aromatic N) is 3. The molecule has 154 valence electrons. The van der Waals surface area contributed by atoms with E-state index in [9.17, 15) is 14.4 Å². The highest BCUT2D eigenvalue weighted by atomic mass is 32.1. The molecule has 8 nitrogen and oxygen atoms in total. The largest absolute Gasteiger partial charge is 0.351 e. The lowest BCUT2D eigenvalue weighted by atomic mass is 10.1. The van der Waals surface area contributed by atoms with Crippen LogP contribution in [-0.4, -0.2) is 58.9 Å². The Bertz CT molecular complexity index is 1070. The van der Waals surface area contributed by atoms with Crippen molar-refractivity contribution in [2.24, 2.45) is 0 Å².